The summed E-state index contributed by atoms with van der Waals surface area (Å²) in [6.45, 7) is 1.32. The van der Waals surface area contributed by atoms with Crippen LogP contribution in [0.25, 0.3) is 0 Å². The first kappa shape index (κ1) is 24.9. The number of carboxylic acid groups (broad SMARTS) is 1. The molecule has 3 aliphatic rings. The van der Waals surface area contributed by atoms with Gasteiger partial charge in [-0.1, -0.05) is 0 Å². The van der Waals surface area contributed by atoms with Gasteiger partial charge in [0, 0.05) is 35.3 Å². The van der Waals surface area contributed by atoms with Gasteiger partial charge < -0.3 is 29.9 Å². The van der Waals surface area contributed by atoms with Gasteiger partial charge in [0.05, 0.1) is 35.6 Å². The quantitative estimate of drug-likeness (QED) is 0.265. The van der Waals surface area contributed by atoms with E-state index < -0.39 is 47.0 Å². The third-order valence-corrected chi connectivity index (χ3v) is 7.85. The molecule has 188 valence electrons. The number of benzene rings is 1. The van der Waals surface area contributed by atoms with Crippen molar-refractivity contribution in [2.75, 3.05) is 13.2 Å². The van der Waals surface area contributed by atoms with Gasteiger partial charge in [-0.05, 0) is 31.0 Å². The number of aliphatic hydroxyl groups is 2. The fourth-order valence-electron chi connectivity index (χ4n) is 4.84. The maximum atomic E-state index is 12.7. The second kappa shape index (κ2) is 9.84. The van der Waals surface area contributed by atoms with Gasteiger partial charge in [-0.25, -0.2) is 9.59 Å². The van der Waals surface area contributed by atoms with Gasteiger partial charge >= 0.3 is 12.1 Å². The van der Waals surface area contributed by atoms with Gasteiger partial charge in [0.25, 0.3) is 5.69 Å². The Labute approximate surface area is 204 Å². The number of hydrogen-bond donors (Lipinski definition) is 3. The second-order valence-electron chi connectivity index (χ2n) is 8.77. The molecule has 0 saturated carbocycles. The van der Waals surface area contributed by atoms with E-state index in [-0.39, 0.29) is 36.4 Å². The van der Waals surface area contributed by atoms with Crippen LogP contribution in [-0.2, 0) is 20.9 Å². The molecule has 1 aromatic carbocycles. The topological polar surface area (TPSA) is 171 Å². The lowest BCUT2D eigenvalue weighted by Crippen LogP contribution is -2.61. The van der Waals surface area contributed by atoms with Crippen molar-refractivity contribution in [1.29, 1.82) is 0 Å². The number of fused-ring (bicyclic) bond motifs is 1. The number of aliphatic carboxylic acids is 1. The monoisotopic (exact) mass is 507 g/mol. The van der Waals surface area contributed by atoms with Crippen molar-refractivity contribution in [2.24, 2.45) is 5.92 Å². The summed E-state index contributed by atoms with van der Waals surface area (Å²) in [7, 11) is 0. The number of nitro benzene ring substituents is 1. The molecule has 0 spiro atoms. The van der Waals surface area contributed by atoms with Gasteiger partial charge in [0.15, 0.2) is 0 Å². The molecule has 0 aliphatic carbocycles. The predicted octanol–water partition coefficient (Wildman–Crippen LogP) is 1.31. The summed E-state index contributed by atoms with van der Waals surface area (Å²) < 4.78 is 5.33. The number of likely N-dealkylation sites (tertiary alicyclic amines) is 1. The number of carbonyl (C=O) groups excluding carboxylic acids is 2. The minimum atomic E-state index is -1.22. The summed E-state index contributed by atoms with van der Waals surface area (Å²) in [6, 6.07) is 4.69. The lowest BCUT2D eigenvalue weighted by atomic mass is 9.83. The molecule has 0 aromatic heterocycles. The van der Waals surface area contributed by atoms with Crippen LogP contribution in [0.3, 0.4) is 0 Å². The first-order chi connectivity index (χ1) is 16.6. The third kappa shape index (κ3) is 4.70. The van der Waals surface area contributed by atoms with E-state index >= 15 is 0 Å². The van der Waals surface area contributed by atoms with Crippen molar-refractivity contribution >= 4 is 35.4 Å². The van der Waals surface area contributed by atoms with Gasteiger partial charge in [0.1, 0.15) is 12.3 Å². The van der Waals surface area contributed by atoms with Crippen LogP contribution in [0.15, 0.2) is 34.9 Å². The molecule has 5 atom stereocenters. The minimum absolute atomic E-state index is 0.0759. The van der Waals surface area contributed by atoms with E-state index in [1.807, 2.05) is 0 Å². The van der Waals surface area contributed by atoms with Crippen LogP contribution in [0.1, 0.15) is 25.3 Å². The van der Waals surface area contributed by atoms with E-state index in [1.54, 1.807) is 0 Å². The molecule has 35 heavy (non-hydrogen) atoms. The molecule has 2 fully saturated rings. The van der Waals surface area contributed by atoms with Crippen molar-refractivity contribution in [3.8, 4) is 0 Å². The van der Waals surface area contributed by atoms with Gasteiger partial charge in [-0.15, -0.1) is 11.8 Å². The lowest BCUT2D eigenvalue weighted by molar-refractivity contribution is -0.384. The molecular formula is C22H25N3O9S. The van der Waals surface area contributed by atoms with Crippen LogP contribution >= 0.6 is 11.8 Å². The molecule has 3 heterocycles. The molecule has 1 aromatic rings. The molecule has 3 aliphatic heterocycles. The highest BCUT2D eigenvalue weighted by molar-refractivity contribution is 8.03. The number of thioether (sulfide) groups is 1. The predicted molar refractivity (Wildman–Crippen MR) is 122 cm³/mol. The standard InChI is InChI=1S/C22H25N3O9S/c1-11(27)18-16-7-17(19(21(29)30)24(16)20(18)28)35-15-6-14(9-26)23(8-15)22(31)34-10-12-2-4-13(5-3-12)25(32)33/h2-5,11,14-16,18,26-27H,6-10H2,1H3,(H,29,30)/t11?,14?,15-,16+,18+/m0/s1. The number of carbonyl (C=O) groups is 3. The Bertz CT molecular complexity index is 1070. The number of carboxylic acids is 1. The zero-order valence-electron chi connectivity index (χ0n) is 18.8. The Balaban J connectivity index is 1.39. The number of hydrogen-bond acceptors (Lipinski definition) is 9. The number of aliphatic hydroxyl groups excluding tert-OH is 2. The summed E-state index contributed by atoms with van der Waals surface area (Å²) in [5.74, 6) is -2.26. The first-order valence-electron chi connectivity index (χ1n) is 11.0. The molecule has 0 radical (unpaired) electrons. The van der Waals surface area contributed by atoms with Gasteiger partial charge in [-0.2, -0.15) is 0 Å². The van der Waals surface area contributed by atoms with Crippen LogP contribution in [0.2, 0.25) is 0 Å². The minimum Gasteiger partial charge on any atom is -0.477 e. The lowest BCUT2D eigenvalue weighted by Gasteiger charge is -2.44. The number of nitrogens with zero attached hydrogens (tertiary/aromatic N) is 3. The molecule has 2 saturated heterocycles. The number of rotatable bonds is 8. The fraction of sp³-hybridized carbons (Fsp3) is 0.500. The highest BCUT2D eigenvalue weighted by Crippen LogP contribution is 2.49. The van der Waals surface area contributed by atoms with E-state index in [0.29, 0.717) is 23.3 Å². The van der Waals surface area contributed by atoms with E-state index in [2.05, 4.69) is 0 Å². The Morgan fingerprint density at radius 3 is 2.57 bits per heavy atom. The summed E-state index contributed by atoms with van der Waals surface area (Å²) in [5, 5.41) is 39.9. The molecule has 3 N–H and O–H groups in total. The SMILES string of the molecule is CC(O)[C@H]1C(=O)N2C(C(=O)O)=C(S[C@H]3CC(CO)N(C(=O)OCc4ccc([N+](=O)[O-])cc4)C3)C[C@H]12. The molecule has 2 unspecified atom stereocenters. The summed E-state index contributed by atoms with van der Waals surface area (Å²) in [6.07, 6.45) is -0.812. The Hall–Kier alpha value is -3.16. The Morgan fingerprint density at radius 2 is 2.00 bits per heavy atom. The zero-order valence-corrected chi connectivity index (χ0v) is 19.6. The second-order valence-corrected chi connectivity index (χ2v) is 10.2. The maximum absolute atomic E-state index is 12.7. The van der Waals surface area contributed by atoms with E-state index in [1.165, 1.54) is 52.8 Å². The number of nitro groups is 1. The highest BCUT2D eigenvalue weighted by atomic mass is 32.2. The average molecular weight is 508 g/mol. The molecule has 13 heteroatoms. The van der Waals surface area contributed by atoms with Crippen molar-refractivity contribution in [2.45, 2.75) is 49.8 Å². The van der Waals surface area contributed by atoms with Crippen LogP contribution in [0.4, 0.5) is 10.5 Å². The van der Waals surface area contributed by atoms with Crippen LogP contribution in [0, 0.1) is 16.0 Å². The first-order valence-corrected chi connectivity index (χ1v) is 11.9. The summed E-state index contributed by atoms with van der Waals surface area (Å²) >= 11 is 1.27. The fourth-order valence-corrected chi connectivity index (χ4v) is 6.36. The Morgan fingerprint density at radius 1 is 1.31 bits per heavy atom. The number of non-ortho nitro benzene ring substituents is 1. The molecular weight excluding hydrogens is 482 g/mol. The summed E-state index contributed by atoms with van der Waals surface area (Å²) in [5.41, 5.74) is 0.411. The van der Waals surface area contributed by atoms with Gasteiger partial charge in [0.2, 0.25) is 5.91 Å². The zero-order chi connectivity index (χ0) is 25.4. The maximum Gasteiger partial charge on any atom is 0.410 e. The normalized spacial score (nSPS) is 26.4. The van der Waals surface area contributed by atoms with Crippen molar-refractivity contribution in [1.82, 2.24) is 9.80 Å². The highest BCUT2D eigenvalue weighted by Gasteiger charge is 2.57. The summed E-state index contributed by atoms with van der Waals surface area (Å²) in [4.78, 5) is 50.3. The average Bonchev–Trinajstić information content (AvgIpc) is 3.36. The molecule has 0 bridgehead atoms. The number of ether oxygens (including phenoxy) is 1. The van der Waals surface area contributed by atoms with Crippen LogP contribution in [0.5, 0.6) is 0 Å². The van der Waals surface area contributed by atoms with Gasteiger partial charge in [-0.3, -0.25) is 14.9 Å². The smallest absolute Gasteiger partial charge is 0.410 e. The van der Waals surface area contributed by atoms with Crippen molar-refractivity contribution in [3.05, 3.63) is 50.5 Å². The number of β-lactam (4-membered cyclic amide) rings is 1. The molecule has 12 nitrogen and oxygen atoms in total. The number of amides is 2. The molecule has 4 rings (SSSR count). The van der Waals surface area contributed by atoms with Crippen LogP contribution < -0.4 is 0 Å². The van der Waals surface area contributed by atoms with E-state index in [4.69, 9.17) is 4.74 Å². The van der Waals surface area contributed by atoms with Crippen LogP contribution in [-0.4, -0.2) is 84.6 Å². The van der Waals surface area contributed by atoms with E-state index in [0.717, 1.165) is 0 Å². The largest absolute Gasteiger partial charge is 0.477 e. The van der Waals surface area contributed by atoms with Crippen molar-refractivity contribution < 1.29 is 39.4 Å². The molecule has 2 amide bonds. The van der Waals surface area contributed by atoms with Crippen molar-refractivity contribution in [3.63, 3.8) is 0 Å². The van der Waals surface area contributed by atoms with E-state index in [9.17, 15) is 39.8 Å². The third-order valence-electron chi connectivity index (χ3n) is 6.53. The Kier molecular flexibility index (Phi) is 7.01.